The summed E-state index contributed by atoms with van der Waals surface area (Å²) in [6.45, 7) is 0. The van der Waals surface area contributed by atoms with Crippen LogP contribution in [0.15, 0.2) is 60.8 Å². The van der Waals surface area contributed by atoms with E-state index in [0.717, 1.165) is 21.9 Å². The van der Waals surface area contributed by atoms with Gasteiger partial charge in [0.25, 0.3) is 11.8 Å². The Morgan fingerprint density at radius 3 is 2.57 bits per heavy atom. The van der Waals surface area contributed by atoms with Gasteiger partial charge in [-0.3, -0.25) is 24.2 Å². The molecule has 44 heavy (non-hydrogen) atoms. The quantitative estimate of drug-likeness (QED) is 0.403. The molecule has 3 atom stereocenters. The molecule has 10 nitrogen and oxygen atoms in total. The lowest BCUT2D eigenvalue weighted by Crippen LogP contribution is -2.53. The van der Waals surface area contributed by atoms with Crippen molar-refractivity contribution < 1.29 is 32.7 Å². The maximum absolute atomic E-state index is 14.6. The molecule has 2 fully saturated rings. The van der Waals surface area contributed by atoms with Gasteiger partial charge in [0.2, 0.25) is 17.8 Å². The molecule has 3 amide bonds. The van der Waals surface area contributed by atoms with E-state index < -0.39 is 73.0 Å². The van der Waals surface area contributed by atoms with E-state index in [1.807, 2.05) is 6.07 Å². The number of amides is 3. The zero-order valence-corrected chi connectivity index (χ0v) is 23.8. The molecule has 0 spiro atoms. The number of hydrogen-bond acceptors (Lipinski definition) is 7. The molecule has 1 aliphatic heterocycles. The van der Waals surface area contributed by atoms with Gasteiger partial charge in [-0.05, 0) is 43.2 Å². The lowest BCUT2D eigenvalue weighted by atomic mass is 9.91. The molecule has 0 radical (unpaired) electrons. The Balaban J connectivity index is 1.61. The van der Waals surface area contributed by atoms with Gasteiger partial charge in [0, 0.05) is 47.8 Å². The van der Waals surface area contributed by atoms with Crippen LogP contribution in [0.4, 0.5) is 24.8 Å². The van der Waals surface area contributed by atoms with Crippen LogP contribution in [0, 0.1) is 17.1 Å². The van der Waals surface area contributed by atoms with Crippen LogP contribution in [0.2, 0.25) is 5.02 Å². The molecule has 228 valence electrons. The number of anilines is 2. The fraction of sp³-hybridized carbons (Fsp3) is 0.333. The number of aliphatic hydroxyl groups is 1. The normalized spacial score (nSPS) is 20.5. The van der Waals surface area contributed by atoms with Gasteiger partial charge in [0.15, 0.2) is 0 Å². The molecule has 1 aliphatic carbocycles. The van der Waals surface area contributed by atoms with Crippen LogP contribution in [-0.2, 0) is 14.4 Å². The van der Waals surface area contributed by atoms with Crippen molar-refractivity contribution >= 4 is 41.0 Å². The van der Waals surface area contributed by atoms with E-state index >= 15 is 0 Å². The smallest absolute Gasteiger partial charge is 0.259 e. The number of carbonyl (C=O) groups excluding carboxylic acids is 3. The first kappa shape index (κ1) is 30.9. The molecule has 1 saturated carbocycles. The highest BCUT2D eigenvalue weighted by molar-refractivity contribution is 6.31. The van der Waals surface area contributed by atoms with E-state index in [1.165, 1.54) is 36.5 Å². The van der Waals surface area contributed by atoms with Gasteiger partial charge in [-0.1, -0.05) is 35.9 Å². The topological polar surface area (TPSA) is 140 Å². The molecule has 5 rings (SSSR count). The van der Waals surface area contributed by atoms with Crippen molar-refractivity contribution in [1.29, 1.82) is 5.26 Å². The molecular weight excluding hydrogens is 601 g/mol. The van der Waals surface area contributed by atoms with Crippen molar-refractivity contribution in [1.82, 2.24) is 15.3 Å². The summed E-state index contributed by atoms with van der Waals surface area (Å²) in [6.07, 6.45) is -1.75. The third-order valence-electron chi connectivity index (χ3n) is 7.63. The number of halogens is 4. The van der Waals surface area contributed by atoms with Crippen molar-refractivity contribution in [2.24, 2.45) is 0 Å². The summed E-state index contributed by atoms with van der Waals surface area (Å²) in [5.74, 6) is -6.52. The first-order valence-electron chi connectivity index (χ1n) is 13.7. The van der Waals surface area contributed by atoms with Gasteiger partial charge in [-0.2, -0.15) is 5.26 Å². The van der Waals surface area contributed by atoms with Crippen molar-refractivity contribution in [2.45, 2.75) is 62.3 Å². The zero-order chi connectivity index (χ0) is 31.6. The van der Waals surface area contributed by atoms with Crippen LogP contribution in [0.5, 0.6) is 0 Å². The van der Waals surface area contributed by atoms with E-state index in [4.69, 9.17) is 11.6 Å². The SMILES string of the molecule is N#Cc1ccnc(N2C(=O)[C@H](O)C[C@H]2C(=O)N(c2cccc(F)c2)[C@@H](C(=O)NC2CCC(F)(F)CC2)c2ccccc2Cl)n1. The predicted octanol–water partition coefficient (Wildman–Crippen LogP) is 4.08. The Morgan fingerprint density at radius 1 is 1.16 bits per heavy atom. The Hall–Kier alpha value is -4.54. The highest BCUT2D eigenvalue weighted by Gasteiger charge is 2.49. The minimum absolute atomic E-state index is 0.00837. The van der Waals surface area contributed by atoms with Crippen LogP contribution >= 0.6 is 11.6 Å². The minimum Gasteiger partial charge on any atom is -0.383 e. The van der Waals surface area contributed by atoms with Gasteiger partial charge in [-0.25, -0.2) is 23.1 Å². The van der Waals surface area contributed by atoms with Crippen LogP contribution in [0.3, 0.4) is 0 Å². The summed E-state index contributed by atoms with van der Waals surface area (Å²) in [4.78, 5) is 51.5. The number of aliphatic hydroxyl groups excluding tert-OH is 1. The lowest BCUT2D eigenvalue weighted by molar-refractivity contribution is -0.128. The molecule has 2 N–H and O–H groups in total. The number of aromatic nitrogens is 2. The van der Waals surface area contributed by atoms with Crippen LogP contribution < -0.4 is 15.1 Å². The highest BCUT2D eigenvalue weighted by atomic mass is 35.5. The van der Waals surface area contributed by atoms with Gasteiger partial charge in [0.1, 0.15) is 35.8 Å². The summed E-state index contributed by atoms with van der Waals surface area (Å²) in [5, 5.41) is 22.7. The number of rotatable bonds is 7. The standard InChI is InChI=1S/C30H26ClF3N6O4/c31-22-7-2-1-6-21(22)25(26(42)37-18-8-11-30(33,34)12-9-18)39(20-5-3-4-17(32)14-20)27(43)23-15-24(41)28(44)40(23)29-36-13-10-19(16-35)38-29/h1-7,10,13-14,18,23-25,41H,8-9,11-12,15H2,(H,37,42)/t23-,24+,25+/m0/s1. The van der Waals surface area contributed by atoms with E-state index in [9.17, 15) is 37.9 Å². The van der Waals surface area contributed by atoms with Gasteiger partial charge in [0.05, 0.1) is 0 Å². The second-order valence-electron chi connectivity index (χ2n) is 10.6. The Morgan fingerprint density at radius 2 is 1.89 bits per heavy atom. The van der Waals surface area contributed by atoms with E-state index in [2.05, 4.69) is 15.3 Å². The third kappa shape index (κ3) is 6.36. The molecule has 2 aliphatic rings. The average Bonchev–Trinajstić information content (AvgIpc) is 3.30. The first-order chi connectivity index (χ1) is 21.0. The summed E-state index contributed by atoms with van der Waals surface area (Å²) in [5.41, 5.74) is -0.0425. The van der Waals surface area contributed by atoms with E-state index in [0.29, 0.717) is 0 Å². The highest BCUT2D eigenvalue weighted by Crippen LogP contribution is 2.37. The van der Waals surface area contributed by atoms with Crippen molar-refractivity contribution in [3.05, 3.63) is 82.9 Å². The third-order valence-corrected chi connectivity index (χ3v) is 7.98. The molecule has 14 heteroatoms. The van der Waals surface area contributed by atoms with Crippen LogP contribution in [0.1, 0.15) is 49.4 Å². The summed E-state index contributed by atoms with van der Waals surface area (Å²) < 4.78 is 42.3. The predicted molar refractivity (Wildman–Crippen MR) is 152 cm³/mol. The number of hydrogen-bond donors (Lipinski definition) is 2. The van der Waals surface area contributed by atoms with Crippen molar-refractivity contribution in [3.63, 3.8) is 0 Å². The average molecular weight is 627 g/mol. The molecule has 1 saturated heterocycles. The van der Waals surface area contributed by atoms with Crippen LogP contribution in [-0.4, -0.2) is 56.9 Å². The maximum atomic E-state index is 14.6. The summed E-state index contributed by atoms with van der Waals surface area (Å²) >= 11 is 6.53. The second-order valence-corrected chi connectivity index (χ2v) is 11.0. The zero-order valence-electron chi connectivity index (χ0n) is 23.0. The number of benzene rings is 2. The number of alkyl halides is 2. The van der Waals surface area contributed by atoms with Gasteiger partial charge >= 0.3 is 0 Å². The fourth-order valence-corrected chi connectivity index (χ4v) is 5.70. The van der Waals surface area contributed by atoms with Gasteiger partial charge in [-0.15, -0.1) is 0 Å². The van der Waals surface area contributed by atoms with Gasteiger partial charge < -0.3 is 10.4 Å². The number of nitrogens with zero attached hydrogens (tertiary/aromatic N) is 5. The van der Waals surface area contributed by atoms with Crippen molar-refractivity contribution in [2.75, 3.05) is 9.80 Å². The lowest BCUT2D eigenvalue weighted by Gasteiger charge is -2.36. The number of nitrogens with one attached hydrogen (secondary N) is 1. The van der Waals surface area contributed by atoms with Crippen LogP contribution in [0.25, 0.3) is 0 Å². The molecule has 0 bridgehead atoms. The first-order valence-corrected chi connectivity index (χ1v) is 14.1. The minimum atomic E-state index is -2.85. The number of carbonyl (C=O) groups is 3. The monoisotopic (exact) mass is 626 g/mol. The second kappa shape index (κ2) is 12.6. The van der Waals surface area contributed by atoms with E-state index in [-0.39, 0.29) is 40.8 Å². The molecule has 1 aromatic heterocycles. The Labute approximate surface area is 255 Å². The molecular formula is C30H26ClF3N6O4. The largest absolute Gasteiger partial charge is 0.383 e. The summed E-state index contributed by atoms with van der Waals surface area (Å²) in [7, 11) is 0. The molecule has 2 heterocycles. The Bertz CT molecular complexity index is 1630. The molecule has 2 aromatic carbocycles. The van der Waals surface area contributed by atoms with E-state index in [1.54, 1.807) is 12.1 Å². The van der Waals surface area contributed by atoms with Crippen molar-refractivity contribution in [3.8, 4) is 6.07 Å². The number of nitriles is 1. The summed E-state index contributed by atoms with van der Waals surface area (Å²) in [6, 6.07) is 10.4. The molecule has 3 aromatic rings. The fourth-order valence-electron chi connectivity index (χ4n) is 5.46. The Kier molecular flexibility index (Phi) is 8.85. The molecule has 0 unspecified atom stereocenters. The maximum Gasteiger partial charge on any atom is 0.259 e.